The molecule has 0 aromatic carbocycles. The lowest BCUT2D eigenvalue weighted by atomic mass is 10.2. The van der Waals surface area contributed by atoms with E-state index in [1.54, 1.807) is 17.0 Å². The van der Waals surface area contributed by atoms with Gasteiger partial charge in [-0.1, -0.05) is 23.2 Å². The minimum Gasteiger partial charge on any atom is -0.335 e. The second-order valence-electron chi connectivity index (χ2n) is 4.70. The molecule has 19 heavy (non-hydrogen) atoms. The summed E-state index contributed by atoms with van der Waals surface area (Å²) < 4.78 is 0. The zero-order valence-electron chi connectivity index (χ0n) is 11.7. The molecule has 0 radical (unpaired) electrons. The average Bonchev–Trinajstić information content (AvgIpc) is 2.27. The van der Waals surface area contributed by atoms with Crippen molar-refractivity contribution in [3.8, 4) is 0 Å². The Balaban J connectivity index is 2.94. The van der Waals surface area contributed by atoms with Crippen LogP contribution < -0.4 is 0 Å². The molecule has 0 aliphatic carbocycles. The maximum atomic E-state index is 12.5. The summed E-state index contributed by atoms with van der Waals surface area (Å²) in [6.07, 6.45) is 0. The first kappa shape index (κ1) is 16.2. The summed E-state index contributed by atoms with van der Waals surface area (Å²) in [6.45, 7) is 5.40. The van der Waals surface area contributed by atoms with Crippen LogP contribution in [0.3, 0.4) is 0 Å². The minimum absolute atomic E-state index is 0.0805. The summed E-state index contributed by atoms with van der Waals surface area (Å²) >= 11 is 11.7. The van der Waals surface area contributed by atoms with Gasteiger partial charge in [0.05, 0.1) is 0 Å². The van der Waals surface area contributed by atoms with Gasteiger partial charge in [0, 0.05) is 24.7 Å². The van der Waals surface area contributed by atoms with E-state index in [1.807, 2.05) is 32.8 Å². The highest BCUT2D eigenvalue weighted by Crippen LogP contribution is 2.17. The highest BCUT2D eigenvalue weighted by Gasteiger charge is 2.21. The summed E-state index contributed by atoms with van der Waals surface area (Å²) in [6, 6.07) is 3.19. The van der Waals surface area contributed by atoms with Gasteiger partial charge in [-0.3, -0.25) is 4.79 Å². The number of carbonyl (C=O) groups is 1. The van der Waals surface area contributed by atoms with Crippen molar-refractivity contribution >= 4 is 29.1 Å². The lowest BCUT2D eigenvalue weighted by molar-refractivity contribution is 0.0679. The van der Waals surface area contributed by atoms with Crippen LogP contribution in [0.4, 0.5) is 0 Å². The zero-order chi connectivity index (χ0) is 14.6. The molecule has 1 atom stereocenters. The maximum Gasteiger partial charge on any atom is 0.254 e. The molecule has 0 spiro atoms. The highest BCUT2D eigenvalue weighted by molar-refractivity contribution is 6.33. The molecule has 1 rings (SSSR count). The third-order valence-electron chi connectivity index (χ3n) is 2.77. The van der Waals surface area contributed by atoms with E-state index < -0.39 is 0 Å². The summed E-state index contributed by atoms with van der Waals surface area (Å²) in [4.78, 5) is 20.2. The Morgan fingerprint density at radius 1 is 1.32 bits per heavy atom. The first-order chi connectivity index (χ1) is 8.85. The van der Waals surface area contributed by atoms with Gasteiger partial charge < -0.3 is 9.80 Å². The Bertz CT molecular complexity index is 431. The molecule has 6 heteroatoms. The molecule has 0 saturated carbocycles. The van der Waals surface area contributed by atoms with Crippen molar-refractivity contribution in [1.29, 1.82) is 0 Å². The number of hydrogen-bond donors (Lipinski definition) is 0. The molecule has 1 aromatic rings. The topological polar surface area (TPSA) is 36.4 Å². The molecule has 0 N–H and O–H groups in total. The van der Waals surface area contributed by atoms with Crippen molar-refractivity contribution in [3.63, 3.8) is 0 Å². The predicted molar refractivity (Wildman–Crippen MR) is 79.0 cm³/mol. The van der Waals surface area contributed by atoms with Crippen molar-refractivity contribution in [3.05, 3.63) is 28.0 Å². The van der Waals surface area contributed by atoms with E-state index in [4.69, 9.17) is 23.2 Å². The molecular formula is C13H19Cl2N3O. The van der Waals surface area contributed by atoms with Gasteiger partial charge in [0.2, 0.25) is 0 Å². The maximum absolute atomic E-state index is 12.5. The van der Waals surface area contributed by atoms with Crippen LogP contribution in [-0.2, 0) is 0 Å². The third kappa shape index (κ3) is 4.64. The van der Waals surface area contributed by atoms with E-state index in [9.17, 15) is 4.79 Å². The fourth-order valence-corrected chi connectivity index (χ4v) is 2.50. The van der Waals surface area contributed by atoms with Gasteiger partial charge in [0.15, 0.2) is 0 Å². The second kappa shape index (κ2) is 7.08. The fraction of sp³-hybridized carbons (Fsp3) is 0.538. The van der Waals surface area contributed by atoms with Gasteiger partial charge in [0.25, 0.3) is 5.91 Å². The molecule has 106 valence electrons. The fourth-order valence-electron chi connectivity index (χ4n) is 2.04. The lowest BCUT2D eigenvalue weighted by Crippen LogP contribution is -2.43. The Morgan fingerprint density at radius 3 is 2.26 bits per heavy atom. The number of nitrogens with zero attached hydrogens (tertiary/aromatic N) is 3. The molecule has 0 aliphatic heterocycles. The summed E-state index contributed by atoms with van der Waals surface area (Å²) in [5.41, 5.74) is 0.470. The van der Waals surface area contributed by atoms with Gasteiger partial charge in [0.1, 0.15) is 10.3 Å². The largest absolute Gasteiger partial charge is 0.335 e. The number of halogens is 2. The number of hydrogen-bond acceptors (Lipinski definition) is 3. The molecular weight excluding hydrogens is 285 g/mol. The highest BCUT2D eigenvalue weighted by atomic mass is 35.5. The Morgan fingerprint density at radius 2 is 1.84 bits per heavy atom. The lowest BCUT2D eigenvalue weighted by Gasteiger charge is -2.30. The summed E-state index contributed by atoms with van der Waals surface area (Å²) in [7, 11) is 3.96. The summed E-state index contributed by atoms with van der Waals surface area (Å²) in [5.74, 6) is -0.0805. The van der Waals surface area contributed by atoms with Gasteiger partial charge in [-0.25, -0.2) is 4.98 Å². The predicted octanol–water partition coefficient (Wildman–Crippen LogP) is 2.80. The molecule has 1 amide bonds. The van der Waals surface area contributed by atoms with Crippen molar-refractivity contribution in [2.24, 2.45) is 0 Å². The smallest absolute Gasteiger partial charge is 0.254 e. The van der Waals surface area contributed by atoms with Crippen LogP contribution in [0.25, 0.3) is 0 Å². The van der Waals surface area contributed by atoms with E-state index >= 15 is 0 Å². The minimum atomic E-state index is -0.0805. The zero-order valence-corrected chi connectivity index (χ0v) is 13.2. The first-order valence-corrected chi connectivity index (χ1v) is 6.89. The molecule has 0 saturated heterocycles. The van der Waals surface area contributed by atoms with E-state index in [1.165, 1.54) is 0 Å². The number of likely N-dealkylation sites (N-methyl/N-ethyl adjacent to an activating group) is 2. The molecule has 1 unspecified atom stereocenters. The first-order valence-electron chi connectivity index (χ1n) is 6.14. The van der Waals surface area contributed by atoms with E-state index in [-0.39, 0.29) is 22.3 Å². The van der Waals surface area contributed by atoms with E-state index in [0.717, 1.165) is 6.54 Å². The number of carbonyl (C=O) groups excluding carboxylic acids is 1. The molecule has 1 aromatic heterocycles. The number of pyridine rings is 1. The van der Waals surface area contributed by atoms with Gasteiger partial charge in [-0.2, -0.15) is 0 Å². The van der Waals surface area contributed by atoms with Gasteiger partial charge in [-0.05, 0) is 40.1 Å². The second-order valence-corrected chi connectivity index (χ2v) is 5.48. The van der Waals surface area contributed by atoms with Crippen LogP contribution in [-0.4, -0.2) is 53.9 Å². The number of amides is 1. The van der Waals surface area contributed by atoms with Crippen LogP contribution >= 0.6 is 23.2 Å². The van der Waals surface area contributed by atoms with Crippen LogP contribution in [0.5, 0.6) is 0 Å². The summed E-state index contributed by atoms with van der Waals surface area (Å²) in [5, 5.41) is 0.458. The molecule has 0 bridgehead atoms. The van der Waals surface area contributed by atoms with Crippen LogP contribution in [0.2, 0.25) is 10.3 Å². The normalized spacial score (nSPS) is 12.6. The van der Waals surface area contributed by atoms with Gasteiger partial charge >= 0.3 is 0 Å². The van der Waals surface area contributed by atoms with Crippen molar-refractivity contribution in [2.75, 3.05) is 27.2 Å². The molecule has 0 fully saturated rings. The van der Waals surface area contributed by atoms with Crippen LogP contribution in [0, 0.1) is 0 Å². The monoisotopic (exact) mass is 303 g/mol. The SMILES string of the molecule is CCN(C(=O)c1cc(Cl)nc(Cl)c1)C(C)CN(C)C. The van der Waals surface area contributed by atoms with E-state index in [0.29, 0.717) is 12.1 Å². The van der Waals surface area contributed by atoms with Crippen LogP contribution in [0.15, 0.2) is 12.1 Å². The van der Waals surface area contributed by atoms with E-state index in [2.05, 4.69) is 4.98 Å². The Kier molecular flexibility index (Phi) is 6.04. The standard InChI is InChI=1S/C13H19Cl2N3O/c1-5-18(9(2)8-17(3)4)13(19)10-6-11(14)16-12(15)7-10/h6-7,9H,5,8H2,1-4H3. The van der Waals surface area contributed by atoms with Crippen LogP contribution in [0.1, 0.15) is 24.2 Å². The Labute approximate surface area is 124 Å². The van der Waals surface area contributed by atoms with Crippen molar-refractivity contribution in [1.82, 2.24) is 14.8 Å². The molecule has 0 aliphatic rings. The third-order valence-corrected chi connectivity index (χ3v) is 3.16. The Hall–Kier alpha value is -0.840. The van der Waals surface area contributed by atoms with Gasteiger partial charge in [-0.15, -0.1) is 0 Å². The van der Waals surface area contributed by atoms with Crippen molar-refractivity contribution < 1.29 is 4.79 Å². The number of rotatable bonds is 5. The number of aromatic nitrogens is 1. The quantitative estimate of drug-likeness (QED) is 0.785. The molecule has 1 heterocycles. The molecule has 4 nitrogen and oxygen atoms in total. The van der Waals surface area contributed by atoms with Crippen molar-refractivity contribution in [2.45, 2.75) is 19.9 Å². The average molecular weight is 304 g/mol.